The molecule has 1 aliphatic carbocycles. The first-order valence-electron chi connectivity index (χ1n) is 7.66. The van der Waals surface area contributed by atoms with E-state index in [4.69, 9.17) is 0 Å². The molecule has 0 saturated heterocycles. The van der Waals surface area contributed by atoms with Crippen molar-refractivity contribution in [2.45, 2.75) is 51.7 Å². The Hall–Kier alpha value is -1.55. The Balaban J connectivity index is 1.85. The minimum absolute atomic E-state index is 0.518. The summed E-state index contributed by atoms with van der Waals surface area (Å²) in [5.41, 5.74) is 4.29. The topological polar surface area (TPSA) is 34.8 Å². The van der Waals surface area contributed by atoms with Crippen molar-refractivity contribution in [1.82, 2.24) is 19.4 Å². The fourth-order valence-electron chi connectivity index (χ4n) is 3.26. The van der Waals surface area contributed by atoms with Crippen molar-refractivity contribution in [3.05, 3.63) is 41.7 Å². The van der Waals surface area contributed by atoms with Gasteiger partial charge < -0.3 is 14.5 Å². The summed E-state index contributed by atoms with van der Waals surface area (Å²) in [6.07, 6.45) is 13.6. The lowest BCUT2D eigenvalue weighted by atomic mass is 10.1. The van der Waals surface area contributed by atoms with Crippen LogP contribution in [0.25, 0.3) is 0 Å². The van der Waals surface area contributed by atoms with Gasteiger partial charge >= 0.3 is 0 Å². The molecule has 0 amide bonds. The minimum atomic E-state index is 0.518. The molecule has 0 radical (unpaired) electrons. The van der Waals surface area contributed by atoms with Crippen LogP contribution in [0.3, 0.4) is 0 Å². The van der Waals surface area contributed by atoms with Gasteiger partial charge in [-0.1, -0.05) is 6.42 Å². The number of aryl methyl sites for hydroxylation is 2. The molecule has 0 spiro atoms. The SMILES string of the molecule is CCn1cncc1Cn1cc2c(c1)C(NC)CCCC2. The summed E-state index contributed by atoms with van der Waals surface area (Å²) in [7, 11) is 2.07. The quantitative estimate of drug-likeness (QED) is 0.869. The van der Waals surface area contributed by atoms with Gasteiger partial charge in [0.2, 0.25) is 0 Å². The molecule has 0 aliphatic heterocycles. The van der Waals surface area contributed by atoms with Gasteiger partial charge in [0.15, 0.2) is 0 Å². The maximum Gasteiger partial charge on any atom is 0.0948 e. The second-order valence-corrected chi connectivity index (χ2v) is 5.67. The molecule has 0 fully saturated rings. The number of hydrogen-bond donors (Lipinski definition) is 1. The van der Waals surface area contributed by atoms with Gasteiger partial charge in [0.05, 0.1) is 18.6 Å². The first kappa shape index (κ1) is 13.4. The van der Waals surface area contributed by atoms with Crippen LogP contribution in [0.5, 0.6) is 0 Å². The molecule has 3 rings (SSSR count). The van der Waals surface area contributed by atoms with Crippen LogP contribution in [0.2, 0.25) is 0 Å². The van der Waals surface area contributed by atoms with E-state index in [0.29, 0.717) is 6.04 Å². The number of imidazole rings is 1. The van der Waals surface area contributed by atoms with E-state index in [1.54, 1.807) is 0 Å². The van der Waals surface area contributed by atoms with Gasteiger partial charge in [-0.05, 0) is 44.4 Å². The van der Waals surface area contributed by atoms with Crippen molar-refractivity contribution in [2.24, 2.45) is 0 Å². The molecule has 1 N–H and O–H groups in total. The molecular weight excluding hydrogens is 248 g/mol. The second kappa shape index (κ2) is 5.83. The number of rotatable bonds is 4. The van der Waals surface area contributed by atoms with Crippen LogP contribution < -0.4 is 5.32 Å². The van der Waals surface area contributed by atoms with Crippen molar-refractivity contribution in [3.63, 3.8) is 0 Å². The Morgan fingerprint density at radius 3 is 3.05 bits per heavy atom. The molecule has 1 unspecified atom stereocenters. The smallest absolute Gasteiger partial charge is 0.0948 e. The zero-order chi connectivity index (χ0) is 13.9. The van der Waals surface area contributed by atoms with Gasteiger partial charge in [-0.25, -0.2) is 4.98 Å². The third-order valence-electron chi connectivity index (χ3n) is 4.39. The summed E-state index contributed by atoms with van der Waals surface area (Å²) in [4.78, 5) is 4.25. The zero-order valence-corrected chi connectivity index (χ0v) is 12.5. The van der Waals surface area contributed by atoms with Crippen LogP contribution in [0.15, 0.2) is 24.9 Å². The van der Waals surface area contributed by atoms with E-state index in [9.17, 15) is 0 Å². The summed E-state index contributed by atoms with van der Waals surface area (Å²) in [5, 5.41) is 3.46. The normalized spacial score (nSPS) is 18.8. The lowest BCUT2D eigenvalue weighted by molar-refractivity contribution is 0.530. The highest BCUT2D eigenvalue weighted by molar-refractivity contribution is 5.29. The van der Waals surface area contributed by atoms with Crippen molar-refractivity contribution in [1.29, 1.82) is 0 Å². The third-order valence-corrected chi connectivity index (χ3v) is 4.39. The average Bonchev–Trinajstić information content (AvgIpc) is 3.02. The number of hydrogen-bond acceptors (Lipinski definition) is 2. The average molecular weight is 272 g/mol. The Morgan fingerprint density at radius 1 is 1.35 bits per heavy atom. The lowest BCUT2D eigenvalue weighted by Crippen LogP contribution is -2.15. The van der Waals surface area contributed by atoms with Gasteiger partial charge in [-0.2, -0.15) is 0 Å². The van der Waals surface area contributed by atoms with Crippen LogP contribution in [-0.4, -0.2) is 21.2 Å². The second-order valence-electron chi connectivity index (χ2n) is 5.67. The van der Waals surface area contributed by atoms with E-state index < -0.39 is 0 Å². The van der Waals surface area contributed by atoms with Crippen LogP contribution in [0.4, 0.5) is 0 Å². The number of nitrogens with one attached hydrogen (secondary N) is 1. The molecule has 0 bridgehead atoms. The van der Waals surface area contributed by atoms with E-state index in [1.165, 1.54) is 42.5 Å². The first-order chi connectivity index (χ1) is 9.81. The molecule has 1 aliphatic rings. The Kier molecular flexibility index (Phi) is 3.92. The molecule has 108 valence electrons. The highest BCUT2D eigenvalue weighted by Crippen LogP contribution is 2.29. The standard InChI is InChI=1S/C16H24N4/c1-3-20-12-18-8-14(20)10-19-9-13-6-4-5-7-16(17-2)15(13)11-19/h8-9,11-12,16-17H,3-7,10H2,1-2H3. The van der Waals surface area contributed by atoms with E-state index in [2.05, 4.69) is 45.8 Å². The largest absolute Gasteiger partial charge is 0.348 e. The minimum Gasteiger partial charge on any atom is -0.348 e. The number of aromatic nitrogens is 3. The predicted molar refractivity (Wildman–Crippen MR) is 80.8 cm³/mol. The van der Waals surface area contributed by atoms with E-state index in [1.807, 2.05) is 12.5 Å². The third kappa shape index (κ3) is 2.52. The fraction of sp³-hybridized carbons (Fsp3) is 0.562. The van der Waals surface area contributed by atoms with Gasteiger partial charge in [0.25, 0.3) is 0 Å². The van der Waals surface area contributed by atoms with Gasteiger partial charge in [0, 0.05) is 31.2 Å². The molecular formula is C16H24N4. The molecule has 0 saturated carbocycles. The monoisotopic (exact) mass is 272 g/mol. The summed E-state index contributed by atoms with van der Waals surface area (Å²) in [6.45, 7) is 4.06. The summed E-state index contributed by atoms with van der Waals surface area (Å²) >= 11 is 0. The number of fused-ring (bicyclic) bond motifs is 1. The molecule has 2 aromatic heterocycles. The van der Waals surface area contributed by atoms with Crippen molar-refractivity contribution in [2.75, 3.05) is 7.05 Å². The zero-order valence-electron chi connectivity index (χ0n) is 12.5. The van der Waals surface area contributed by atoms with Gasteiger partial charge in [0.1, 0.15) is 0 Å². The Bertz CT molecular complexity index is 567. The molecule has 20 heavy (non-hydrogen) atoms. The predicted octanol–water partition coefficient (Wildman–Crippen LogP) is 2.74. The molecule has 2 aromatic rings. The molecule has 2 heterocycles. The highest BCUT2D eigenvalue weighted by atomic mass is 15.1. The molecule has 4 heteroatoms. The maximum atomic E-state index is 4.25. The summed E-state index contributed by atoms with van der Waals surface area (Å²) in [6, 6.07) is 0.518. The van der Waals surface area contributed by atoms with Gasteiger partial charge in [-0.3, -0.25) is 0 Å². The molecule has 4 nitrogen and oxygen atoms in total. The van der Waals surface area contributed by atoms with Crippen LogP contribution in [-0.2, 0) is 19.5 Å². The maximum absolute atomic E-state index is 4.25. The van der Waals surface area contributed by atoms with Gasteiger partial charge in [-0.15, -0.1) is 0 Å². The summed E-state index contributed by atoms with van der Waals surface area (Å²) in [5.74, 6) is 0. The molecule has 0 aromatic carbocycles. The van der Waals surface area contributed by atoms with E-state index in [0.717, 1.165) is 13.1 Å². The van der Waals surface area contributed by atoms with Crippen LogP contribution in [0.1, 0.15) is 49.0 Å². The number of nitrogens with zero attached hydrogens (tertiary/aromatic N) is 3. The van der Waals surface area contributed by atoms with Crippen molar-refractivity contribution >= 4 is 0 Å². The van der Waals surface area contributed by atoms with Crippen molar-refractivity contribution in [3.8, 4) is 0 Å². The van der Waals surface area contributed by atoms with E-state index in [-0.39, 0.29) is 0 Å². The fourth-order valence-corrected chi connectivity index (χ4v) is 3.26. The van der Waals surface area contributed by atoms with E-state index >= 15 is 0 Å². The Morgan fingerprint density at radius 2 is 2.25 bits per heavy atom. The lowest BCUT2D eigenvalue weighted by Gasteiger charge is -2.13. The highest BCUT2D eigenvalue weighted by Gasteiger charge is 2.19. The van der Waals surface area contributed by atoms with Crippen LogP contribution >= 0.6 is 0 Å². The molecule has 1 atom stereocenters. The Labute approximate surface area is 120 Å². The van der Waals surface area contributed by atoms with Crippen LogP contribution in [0, 0.1) is 0 Å². The van der Waals surface area contributed by atoms with Crippen molar-refractivity contribution < 1.29 is 0 Å². The first-order valence-corrected chi connectivity index (χ1v) is 7.66. The summed E-state index contributed by atoms with van der Waals surface area (Å²) < 4.78 is 4.53.